The van der Waals surface area contributed by atoms with Crippen LogP contribution in [-0.4, -0.2) is 57.4 Å². The molecule has 1 heterocycles. The van der Waals surface area contributed by atoms with E-state index in [-0.39, 0.29) is 36.0 Å². The summed E-state index contributed by atoms with van der Waals surface area (Å²) in [6.45, 7) is 3.44. The molecule has 1 aliphatic heterocycles. The Kier molecular flexibility index (Phi) is 7.17. The quantitative estimate of drug-likeness (QED) is 0.811. The minimum absolute atomic E-state index is 0. The molecule has 0 bridgehead atoms. The second kappa shape index (κ2) is 7.31. The Morgan fingerprint density at radius 3 is 2.56 bits per heavy atom. The third-order valence-electron chi connectivity index (χ3n) is 3.20. The molecule has 5 nitrogen and oxygen atoms in total. The minimum atomic E-state index is -3.04. The van der Waals surface area contributed by atoms with Crippen molar-refractivity contribution in [3.8, 4) is 0 Å². The van der Waals surface area contributed by atoms with Crippen molar-refractivity contribution in [2.24, 2.45) is 5.92 Å². The lowest BCUT2D eigenvalue weighted by Crippen LogP contribution is -2.46. The number of carbonyl (C=O) groups is 1. The molecule has 1 rings (SSSR count). The van der Waals surface area contributed by atoms with Crippen molar-refractivity contribution < 1.29 is 13.2 Å². The van der Waals surface area contributed by atoms with Crippen LogP contribution in [-0.2, 0) is 14.6 Å². The summed E-state index contributed by atoms with van der Waals surface area (Å²) in [5.41, 5.74) is 0. The molecular weight excluding hydrogens is 276 g/mol. The maximum atomic E-state index is 12.1. The molecule has 18 heavy (non-hydrogen) atoms. The fourth-order valence-electron chi connectivity index (χ4n) is 2.12. The van der Waals surface area contributed by atoms with Gasteiger partial charge in [0, 0.05) is 25.9 Å². The first-order chi connectivity index (χ1) is 7.81. The van der Waals surface area contributed by atoms with Gasteiger partial charge in [-0.2, -0.15) is 0 Å². The number of hydrogen-bond acceptors (Lipinski definition) is 4. The minimum Gasteiger partial charge on any atom is -0.342 e. The molecule has 0 spiro atoms. The molecule has 1 amide bonds. The van der Waals surface area contributed by atoms with Gasteiger partial charge < -0.3 is 10.2 Å². The molecule has 0 aromatic heterocycles. The van der Waals surface area contributed by atoms with E-state index in [9.17, 15) is 13.2 Å². The molecule has 1 saturated heterocycles. The summed E-state index contributed by atoms with van der Waals surface area (Å²) in [5, 5.41) is 3.19. The first kappa shape index (κ1) is 17.7. The summed E-state index contributed by atoms with van der Waals surface area (Å²) in [7, 11) is -1.35. The zero-order valence-electron chi connectivity index (χ0n) is 11.2. The predicted octanol–water partition coefficient (Wildman–Crippen LogP) is 0.299. The summed E-state index contributed by atoms with van der Waals surface area (Å²) in [5.74, 6) is 0.0687. The first-order valence-corrected chi connectivity index (χ1v) is 8.02. The van der Waals surface area contributed by atoms with E-state index in [0.717, 1.165) is 19.4 Å². The van der Waals surface area contributed by atoms with Gasteiger partial charge in [0.1, 0.15) is 9.84 Å². The largest absolute Gasteiger partial charge is 0.342 e. The zero-order valence-corrected chi connectivity index (χ0v) is 12.8. The number of sulfone groups is 1. The topological polar surface area (TPSA) is 66.5 Å². The molecule has 7 heteroatoms. The highest BCUT2D eigenvalue weighted by molar-refractivity contribution is 7.90. The Morgan fingerprint density at radius 1 is 1.50 bits per heavy atom. The van der Waals surface area contributed by atoms with Gasteiger partial charge in [-0.15, -0.1) is 12.4 Å². The highest BCUT2D eigenvalue weighted by atomic mass is 35.5. The van der Waals surface area contributed by atoms with E-state index in [1.54, 1.807) is 18.9 Å². The van der Waals surface area contributed by atoms with Gasteiger partial charge in [0.2, 0.25) is 5.91 Å². The van der Waals surface area contributed by atoms with Crippen molar-refractivity contribution in [3.05, 3.63) is 0 Å². The number of carbonyl (C=O) groups excluding carboxylic acids is 1. The standard InChI is InChI=1S/C11H22N2O3S.ClH/c1-9(8-17(3,15)16)13(2)11(14)10-5-4-6-12-7-10;/h9-10,12H,4-8H2,1-3H3;1H. The average molecular weight is 299 g/mol. The maximum Gasteiger partial charge on any atom is 0.226 e. The van der Waals surface area contributed by atoms with Crippen LogP contribution in [0, 0.1) is 5.92 Å². The van der Waals surface area contributed by atoms with E-state index in [2.05, 4.69) is 5.32 Å². The first-order valence-electron chi connectivity index (χ1n) is 5.96. The maximum absolute atomic E-state index is 12.1. The Bertz CT molecular complexity index is 366. The Balaban J connectivity index is 0.00000289. The number of nitrogens with zero attached hydrogens (tertiary/aromatic N) is 1. The Hall–Kier alpha value is -0.330. The van der Waals surface area contributed by atoms with Crippen LogP contribution in [0.3, 0.4) is 0 Å². The predicted molar refractivity (Wildman–Crippen MR) is 74.8 cm³/mol. The normalized spacial score (nSPS) is 21.8. The Labute approximate surface area is 116 Å². The summed E-state index contributed by atoms with van der Waals surface area (Å²) >= 11 is 0. The van der Waals surface area contributed by atoms with Crippen molar-refractivity contribution >= 4 is 28.2 Å². The number of amides is 1. The molecular formula is C11H23ClN2O3S. The lowest BCUT2D eigenvalue weighted by molar-refractivity contribution is -0.136. The SMILES string of the molecule is CC(CS(C)(=O)=O)N(C)C(=O)C1CCCNC1.Cl. The van der Waals surface area contributed by atoms with Crippen molar-refractivity contribution in [2.75, 3.05) is 32.1 Å². The fraction of sp³-hybridized carbons (Fsp3) is 0.909. The highest BCUT2D eigenvalue weighted by Crippen LogP contribution is 2.14. The third kappa shape index (κ3) is 5.54. The van der Waals surface area contributed by atoms with E-state index >= 15 is 0 Å². The van der Waals surface area contributed by atoms with Gasteiger partial charge in [0.05, 0.1) is 11.7 Å². The second-order valence-electron chi connectivity index (χ2n) is 4.93. The highest BCUT2D eigenvalue weighted by Gasteiger charge is 2.27. The molecule has 1 N–H and O–H groups in total. The summed E-state index contributed by atoms with van der Waals surface area (Å²) in [6, 6.07) is -0.264. The fourth-order valence-corrected chi connectivity index (χ4v) is 3.22. The van der Waals surface area contributed by atoms with E-state index in [0.29, 0.717) is 6.54 Å². The number of hydrogen-bond donors (Lipinski definition) is 1. The van der Waals surface area contributed by atoms with Gasteiger partial charge in [0.25, 0.3) is 0 Å². The van der Waals surface area contributed by atoms with Gasteiger partial charge in [-0.1, -0.05) is 0 Å². The summed E-state index contributed by atoms with van der Waals surface area (Å²) in [6.07, 6.45) is 3.09. The number of rotatable bonds is 4. The molecule has 108 valence electrons. The van der Waals surface area contributed by atoms with Gasteiger partial charge in [-0.05, 0) is 26.3 Å². The van der Waals surface area contributed by atoms with Crippen LogP contribution in [0.4, 0.5) is 0 Å². The summed E-state index contributed by atoms with van der Waals surface area (Å²) < 4.78 is 22.4. The van der Waals surface area contributed by atoms with Gasteiger partial charge in [0.15, 0.2) is 0 Å². The van der Waals surface area contributed by atoms with Crippen LogP contribution in [0.15, 0.2) is 0 Å². The third-order valence-corrected chi connectivity index (χ3v) is 4.29. The lowest BCUT2D eigenvalue weighted by atomic mass is 9.98. The van der Waals surface area contributed by atoms with Crippen LogP contribution < -0.4 is 5.32 Å². The molecule has 0 radical (unpaired) electrons. The van der Waals surface area contributed by atoms with E-state index in [4.69, 9.17) is 0 Å². The molecule has 0 aliphatic carbocycles. The van der Waals surface area contributed by atoms with E-state index in [1.165, 1.54) is 6.26 Å². The van der Waals surface area contributed by atoms with Crippen LogP contribution in [0.25, 0.3) is 0 Å². The molecule has 1 aliphatic rings. The van der Waals surface area contributed by atoms with Gasteiger partial charge in [-0.25, -0.2) is 8.42 Å². The van der Waals surface area contributed by atoms with Crippen LogP contribution in [0.2, 0.25) is 0 Å². The van der Waals surface area contributed by atoms with Gasteiger partial charge in [-0.3, -0.25) is 4.79 Å². The van der Waals surface area contributed by atoms with E-state index < -0.39 is 9.84 Å². The molecule has 0 saturated carbocycles. The molecule has 2 atom stereocenters. The van der Waals surface area contributed by atoms with Crippen molar-refractivity contribution in [3.63, 3.8) is 0 Å². The monoisotopic (exact) mass is 298 g/mol. The number of piperidine rings is 1. The zero-order chi connectivity index (χ0) is 13.1. The number of nitrogens with one attached hydrogen (secondary N) is 1. The van der Waals surface area contributed by atoms with E-state index in [1.807, 2.05) is 0 Å². The van der Waals surface area contributed by atoms with Gasteiger partial charge >= 0.3 is 0 Å². The van der Waals surface area contributed by atoms with Crippen molar-refractivity contribution in [1.29, 1.82) is 0 Å². The van der Waals surface area contributed by atoms with Crippen molar-refractivity contribution in [2.45, 2.75) is 25.8 Å². The van der Waals surface area contributed by atoms with Crippen molar-refractivity contribution in [1.82, 2.24) is 10.2 Å². The molecule has 2 unspecified atom stereocenters. The molecule has 1 fully saturated rings. The second-order valence-corrected chi connectivity index (χ2v) is 7.12. The van der Waals surface area contributed by atoms with Crippen LogP contribution >= 0.6 is 12.4 Å². The molecule has 0 aromatic rings. The number of halogens is 1. The van der Waals surface area contributed by atoms with Crippen LogP contribution in [0.1, 0.15) is 19.8 Å². The summed E-state index contributed by atoms with van der Waals surface area (Å²) in [4.78, 5) is 13.7. The Morgan fingerprint density at radius 2 is 2.11 bits per heavy atom. The average Bonchev–Trinajstić information content (AvgIpc) is 2.26. The smallest absolute Gasteiger partial charge is 0.226 e. The lowest BCUT2D eigenvalue weighted by Gasteiger charge is -2.30. The van der Waals surface area contributed by atoms with Crippen LogP contribution in [0.5, 0.6) is 0 Å². The molecule has 0 aromatic carbocycles.